The van der Waals surface area contributed by atoms with E-state index in [-0.39, 0.29) is 0 Å². The van der Waals surface area contributed by atoms with Gasteiger partial charge in [-0.05, 0) is 99.8 Å². The number of hydrogen-bond acceptors (Lipinski definition) is 0. The second-order valence-corrected chi connectivity index (χ2v) is 21.6. The minimum absolute atomic E-state index is 0.485. The topological polar surface area (TPSA) is 14.8 Å². The Morgan fingerprint density at radius 2 is 0.662 bits per heavy atom. The van der Waals surface area contributed by atoms with Gasteiger partial charge in [-0.1, -0.05) is 177 Å². The second kappa shape index (κ2) is 14.8. The van der Waals surface area contributed by atoms with E-state index in [1.54, 1.807) is 0 Å². The summed E-state index contributed by atoms with van der Waals surface area (Å²) in [5, 5.41) is 11.8. The van der Waals surface area contributed by atoms with Gasteiger partial charge in [0, 0.05) is 55.3 Å². The first-order valence-corrected chi connectivity index (χ1v) is 24.8. The van der Waals surface area contributed by atoms with Gasteiger partial charge in [-0.2, -0.15) is 0 Å². The number of benzene rings is 9. The highest BCUT2D eigenvalue weighted by atomic mass is 28.3. The molecule has 0 saturated carbocycles. The van der Waals surface area contributed by atoms with Crippen LogP contribution in [0.3, 0.4) is 0 Å². The summed E-state index contributed by atoms with van der Waals surface area (Å²) in [6, 6.07) is 84.1. The molecule has 3 nitrogen and oxygen atoms in total. The average Bonchev–Trinajstić information content (AvgIpc) is 4.01. The van der Waals surface area contributed by atoms with Crippen molar-refractivity contribution in [3.63, 3.8) is 0 Å². The molecule has 0 fully saturated rings. The van der Waals surface area contributed by atoms with Crippen molar-refractivity contribution in [3.05, 3.63) is 242 Å². The first-order chi connectivity index (χ1) is 32.2. The smallest absolute Gasteiger partial charge is 0.179 e. The fraction of sp³-hybridized carbons (Fsp3) is 0.0492. The highest BCUT2D eigenvalue weighted by Crippen LogP contribution is 2.36. The van der Waals surface area contributed by atoms with Crippen LogP contribution in [-0.4, -0.2) is 21.8 Å². The molecular formula is C61H45N3Si. The van der Waals surface area contributed by atoms with Gasteiger partial charge in [0.25, 0.3) is 0 Å². The third-order valence-electron chi connectivity index (χ3n) is 14.2. The lowest BCUT2D eigenvalue weighted by Crippen LogP contribution is -2.74. The zero-order valence-electron chi connectivity index (χ0n) is 36.1. The van der Waals surface area contributed by atoms with Crippen LogP contribution in [0.4, 0.5) is 0 Å². The Hall–Kier alpha value is -7.92. The number of aromatic nitrogens is 3. The Morgan fingerprint density at radius 1 is 0.338 bits per heavy atom. The lowest BCUT2D eigenvalue weighted by molar-refractivity contribution is 0.690. The number of fused-ring (bicyclic) bond motifs is 9. The number of nitrogens with zero attached hydrogens (tertiary/aromatic N) is 3. The minimum atomic E-state index is -2.97. The van der Waals surface area contributed by atoms with E-state index >= 15 is 0 Å². The molecule has 12 aromatic rings. The fourth-order valence-electron chi connectivity index (χ4n) is 11.3. The Labute approximate surface area is 379 Å². The predicted molar refractivity (Wildman–Crippen MR) is 277 cm³/mol. The fourth-order valence-corrected chi connectivity index (χ4v) is 16.0. The van der Waals surface area contributed by atoms with Crippen LogP contribution in [-0.2, 0) is 6.42 Å². The number of allylic oxidation sites excluding steroid dienone is 1. The van der Waals surface area contributed by atoms with Gasteiger partial charge in [-0.25, -0.2) is 0 Å². The lowest BCUT2D eigenvalue weighted by atomic mass is 9.95. The van der Waals surface area contributed by atoms with E-state index in [1.807, 2.05) is 0 Å². The van der Waals surface area contributed by atoms with Crippen molar-refractivity contribution in [2.45, 2.75) is 13.3 Å². The number of hydrogen-bond donors (Lipinski definition) is 0. The maximum absolute atomic E-state index is 2.97. The average molecular weight is 848 g/mol. The second-order valence-electron chi connectivity index (χ2n) is 17.7. The van der Waals surface area contributed by atoms with E-state index in [4.69, 9.17) is 0 Å². The molecule has 9 aromatic carbocycles. The molecule has 0 saturated heterocycles. The molecule has 4 heteroatoms. The maximum Gasteiger partial charge on any atom is 0.179 e. The van der Waals surface area contributed by atoms with Gasteiger partial charge < -0.3 is 13.7 Å². The summed E-state index contributed by atoms with van der Waals surface area (Å²) >= 11 is 0. The predicted octanol–water partition coefficient (Wildman–Crippen LogP) is 12.4. The molecule has 0 radical (unpaired) electrons. The molecule has 1 aliphatic rings. The standard InChI is InChI=1S/C61H45N3Si/c1-42-27-40-55-54-21-9-14-26-60(54)64(61(55)41-42)45-32-38-49(39-33-45)65(46-15-3-2-4-16-46,47-34-28-43(29-35-47)62-56-22-10-5-17-50(56)51-18-6-11-23-57(51)62)48-36-30-44(31-37-48)63-58-24-12-7-19-52(58)53-20-8-13-25-59(53)63/h2-40,42H,41H2,1H3. The van der Waals surface area contributed by atoms with Gasteiger partial charge in [0.15, 0.2) is 8.07 Å². The van der Waals surface area contributed by atoms with Crippen LogP contribution in [0.5, 0.6) is 0 Å². The minimum Gasteiger partial charge on any atom is -0.313 e. The van der Waals surface area contributed by atoms with Crippen LogP contribution in [0.2, 0.25) is 0 Å². The highest BCUT2D eigenvalue weighted by molar-refractivity contribution is 7.19. The molecule has 0 amide bonds. The molecule has 1 unspecified atom stereocenters. The molecular weight excluding hydrogens is 803 g/mol. The van der Waals surface area contributed by atoms with Crippen LogP contribution < -0.4 is 20.7 Å². The lowest BCUT2D eigenvalue weighted by Gasteiger charge is -2.35. The number of para-hydroxylation sites is 5. The first kappa shape index (κ1) is 37.6. The summed E-state index contributed by atoms with van der Waals surface area (Å²) < 4.78 is 7.36. The van der Waals surface area contributed by atoms with Crippen LogP contribution >= 0.6 is 0 Å². The van der Waals surface area contributed by atoms with E-state index in [2.05, 4.69) is 257 Å². The van der Waals surface area contributed by atoms with Crippen molar-refractivity contribution in [1.29, 1.82) is 0 Å². The van der Waals surface area contributed by atoms with Crippen molar-refractivity contribution in [2.24, 2.45) is 5.92 Å². The molecule has 65 heavy (non-hydrogen) atoms. The molecule has 13 rings (SSSR count). The first-order valence-electron chi connectivity index (χ1n) is 22.8. The largest absolute Gasteiger partial charge is 0.313 e. The summed E-state index contributed by atoms with van der Waals surface area (Å²) in [4.78, 5) is 0. The Morgan fingerprint density at radius 3 is 1.08 bits per heavy atom. The van der Waals surface area contributed by atoms with Gasteiger partial charge >= 0.3 is 0 Å². The van der Waals surface area contributed by atoms with Gasteiger partial charge in [0.05, 0.1) is 27.6 Å². The molecule has 3 heterocycles. The molecule has 1 aliphatic carbocycles. The Bertz CT molecular complexity index is 3530. The summed E-state index contributed by atoms with van der Waals surface area (Å²) in [5.74, 6) is 0.485. The van der Waals surface area contributed by atoms with Crippen molar-refractivity contribution in [3.8, 4) is 17.1 Å². The molecule has 0 N–H and O–H groups in total. The number of rotatable bonds is 7. The summed E-state index contributed by atoms with van der Waals surface area (Å²) in [6.07, 6.45) is 5.72. The summed E-state index contributed by atoms with van der Waals surface area (Å²) in [7, 11) is -2.97. The normalized spacial score (nSPS) is 14.0. The molecule has 0 bridgehead atoms. The molecule has 0 spiro atoms. The van der Waals surface area contributed by atoms with E-state index in [0.29, 0.717) is 5.92 Å². The van der Waals surface area contributed by atoms with Crippen molar-refractivity contribution in [1.82, 2.24) is 13.7 Å². The quantitative estimate of drug-likeness (QED) is 0.112. The van der Waals surface area contributed by atoms with Gasteiger partial charge in [0.1, 0.15) is 0 Å². The van der Waals surface area contributed by atoms with E-state index in [9.17, 15) is 0 Å². The van der Waals surface area contributed by atoms with E-state index < -0.39 is 8.07 Å². The molecule has 308 valence electrons. The third-order valence-corrected chi connectivity index (χ3v) is 19.0. The molecule has 3 aromatic heterocycles. The monoisotopic (exact) mass is 847 g/mol. The van der Waals surface area contributed by atoms with Crippen LogP contribution in [0.1, 0.15) is 18.2 Å². The third kappa shape index (κ3) is 5.67. The summed E-state index contributed by atoms with van der Waals surface area (Å²) in [5.41, 5.74) is 12.4. The van der Waals surface area contributed by atoms with Crippen molar-refractivity contribution in [2.75, 3.05) is 0 Å². The Balaban J connectivity index is 1.03. The van der Waals surface area contributed by atoms with E-state index in [1.165, 1.54) is 92.2 Å². The highest BCUT2D eigenvalue weighted by Gasteiger charge is 2.41. The van der Waals surface area contributed by atoms with Crippen molar-refractivity contribution >= 4 is 89.4 Å². The van der Waals surface area contributed by atoms with Gasteiger partial charge in [0.2, 0.25) is 0 Å². The zero-order valence-corrected chi connectivity index (χ0v) is 37.1. The molecule has 0 aliphatic heterocycles. The van der Waals surface area contributed by atoms with Gasteiger partial charge in [-0.3, -0.25) is 0 Å². The summed E-state index contributed by atoms with van der Waals surface area (Å²) in [6.45, 7) is 2.32. The Kier molecular flexibility index (Phi) is 8.59. The van der Waals surface area contributed by atoms with Crippen LogP contribution in [0.25, 0.3) is 77.7 Å². The van der Waals surface area contributed by atoms with Crippen molar-refractivity contribution < 1.29 is 0 Å². The van der Waals surface area contributed by atoms with E-state index in [0.717, 1.165) is 17.8 Å². The molecule has 1 atom stereocenters. The van der Waals surface area contributed by atoms with Crippen LogP contribution in [0.15, 0.2) is 231 Å². The maximum atomic E-state index is 2.52. The SMILES string of the molecule is CC1C=Cc2c(n(-c3ccc([Si](c4ccccc4)(c4ccc(-n5c6ccccc6c6ccccc65)cc4)c4ccc(-n5c6ccccc6c6ccccc65)cc4)cc3)c3ccccc23)C1. The zero-order chi connectivity index (χ0) is 43.1. The van der Waals surface area contributed by atoms with Crippen LogP contribution in [0, 0.1) is 5.92 Å². The van der Waals surface area contributed by atoms with Gasteiger partial charge in [-0.15, -0.1) is 0 Å².